The molecule has 0 aromatic heterocycles. The van der Waals surface area contributed by atoms with Gasteiger partial charge < -0.3 is 10.2 Å². The third kappa shape index (κ3) is 3.18. The first-order valence-corrected chi connectivity index (χ1v) is 7.26. The highest BCUT2D eigenvalue weighted by Gasteiger charge is 2.38. The van der Waals surface area contributed by atoms with Gasteiger partial charge >= 0.3 is 0 Å². The van der Waals surface area contributed by atoms with Crippen molar-refractivity contribution in [2.24, 2.45) is 11.3 Å². The van der Waals surface area contributed by atoms with Gasteiger partial charge in [0.05, 0.1) is 0 Å². The van der Waals surface area contributed by atoms with E-state index in [-0.39, 0.29) is 12.4 Å². The zero-order valence-corrected chi connectivity index (χ0v) is 11.9. The molecule has 0 aromatic rings. The van der Waals surface area contributed by atoms with Crippen LogP contribution in [0.4, 0.5) is 0 Å². The Labute approximate surface area is 116 Å². The van der Waals surface area contributed by atoms with E-state index in [1.807, 2.05) is 0 Å². The monoisotopic (exact) mass is 272 g/mol. The predicted octanol–water partition coefficient (Wildman–Crippen LogP) is 2.20. The Morgan fingerprint density at radius 3 is 2.50 bits per heavy atom. The van der Waals surface area contributed by atoms with Crippen LogP contribution in [0.15, 0.2) is 0 Å². The second kappa shape index (κ2) is 5.79. The van der Waals surface area contributed by atoms with E-state index in [0.717, 1.165) is 31.8 Å². The lowest BCUT2D eigenvalue weighted by Gasteiger charge is -2.39. The first-order chi connectivity index (χ1) is 8.27. The molecule has 18 heavy (non-hydrogen) atoms. The number of hydrogen-bond acceptors (Lipinski definition) is 2. The van der Waals surface area contributed by atoms with Crippen LogP contribution in [0.25, 0.3) is 0 Å². The van der Waals surface area contributed by atoms with Crippen molar-refractivity contribution in [1.82, 2.24) is 10.2 Å². The molecule has 2 saturated heterocycles. The number of likely N-dealkylation sites (tertiary alicyclic amines) is 1. The van der Waals surface area contributed by atoms with Crippen LogP contribution in [-0.2, 0) is 4.79 Å². The van der Waals surface area contributed by atoms with Gasteiger partial charge in [0, 0.05) is 26.1 Å². The SMILES string of the molecule is Cl.O=C(CCC1CC1)N1CCC2(CCNC2)CC1. The third-order valence-electron chi connectivity index (χ3n) is 4.97. The van der Waals surface area contributed by atoms with E-state index < -0.39 is 0 Å². The lowest BCUT2D eigenvalue weighted by atomic mass is 9.78. The fourth-order valence-corrected chi connectivity index (χ4v) is 3.34. The van der Waals surface area contributed by atoms with Gasteiger partial charge in [0.25, 0.3) is 0 Å². The van der Waals surface area contributed by atoms with Crippen molar-refractivity contribution in [3.8, 4) is 0 Å². The van der Waals surface area contributed by atoms with Crippen molar-refractivity contribution in [3.63, 3.8) is 0 Å². The molecule has 2 aliphatic heterocycles. The normalized spacial score (nSPS) is 26.1. The van der Waals surface area contributed by atoms with E-state index >= 15 is 0 Å². The average molecular weight is 273 g/mol. The number of amides is 1. The highest BCUT2D eigenvalue weighted by molar-refractivity contribution is 5.85. The summed E-state index contributed by atoms with van der Waals surface area (Å²) in [5.74, 6) is 1.30. The van der Waals surface area contributed by atoms with Crippen LogP contribution >= 0.6 is 12.4 Å². The summed E-state index contributed by atoms with van der Waals surface area (Å²) in [5, 5.41) is 3.47. The number of halogens is 1. The zero-order chi connectivity index (χ0) is 11.7. The van der Waals surface area contributed by atoms with Gasteiger partial charge in [-0.05, 0) is 43.6 Å². The molecular formula is C14H25ClN2O. The fraction of sp³-hybridized carbons (Fsp3) is 0.929. The summed E-state index contributed by atoms with van der Waals surface area (Å²) < 4.78 is 0. The number of carbonyl (C=O) groups excluding carboxylic acids is 1. The number of rotatable bonds is 3. The number of hydrogen-bond donors (Lipinski definition) is 1. The lowest BCUT2D eigenvalue weighted by molar-refractivity contribution is -0.133. The van der Waals surface area contributed by atoms with E-state index in [9.17, 15) is 4.79 Å². The van der Waals surface area contributed by atoms with Crippen LogP contribution < -0.4 is 5.32 Å². The topological polar surface area (TPSA) is 32.3 Å². The summed E-state index contributed by atoms with van der Waals surface area (Å²) in [7, 11) is 0. The van der Waals surface area contributed by atoms with Crippen molar-refractivity contribution in [2.45, 2.75) is 44.9 Å². The minimum absolute atomic E-state index is 0. The molecule has 3 aliphatic rings. The Balaban J connectivity index is 0.00000120. The maximum Gasteiger partial charge on any atom is 0.222 e. The quantitative estimate of drug-likeness (QED) is 0.854. The van der Waals surface area contributed by atoms with Crippen LogP contribution in [0.5, 0.6) is 0 Å². The minimum Gasteiger partial charge on any atom is -0.343 e. The van der Waals surface area contributed by atoms with Crippen molar-refractivity contribution in [2.75, 3.05) is 26.2 Å². The van der Waals surface area contributed by atoms with E-state index in [1.54, 1.807) is 0 Å². The Morgan fingerprint density at radius 2 is 1.94 bits per heavy atom. The van der Waals surface area contributed by atoms with Crippen LogP contribution in [-0.4, -0.2) is 37.0 Å². The van der Waals surface area contributed by atoms with E-state index in [1.165, 1.54) is 45.2 Å². The van der Waals surface area contributed by atoms with Gasteiger partial charge in [-0.25, -0.2) is 0 Å². The number of nitrogens with one attached hydrogen (secondary N) is 1. The van der Waals surface area contributed by atoms with Gasteiger partial charge in [-0.3, -0.25) is 4.79 Å². The predicted molar refractivity (Wildman–Crippen MR) is 74.9 cm³/mol. The standard InChI is InChI=1S/C14H24N2O.ClH/c17-13(4-3-12-1-2-12)16-9-6-14(7-10-16)5-8-15-11-14;/h12,15H,1-11H2;1H. The third-order valence-corrected chi connectivity index (χ3v) is 4.97. The molecular weight excluding hydrogens is 248 g/mol. The summed E-state index contributed by atoms with van der Waals surface area (Å²) in [4.78, 5) is 14.2. The maximum atomic E-state index is 12.0. The van der Waals surface area contributed by atoms with Gasteiger partial charge in [0.15, 0.2) is 0 Å². The van der Waals surface area contributed by atoms with Crippen molar-refractivity contribution >= 4 is 18.3 Å². The molecule has 1 amide bonds. The molecule has 0 atom stereocenters. The summed E-state index contributed by atoms with van der Waals surface area (Å²) in [6, 6.07) is 0. The molecule has 1 aliphatic carbocycles. The molecule has 3 fully saturated rings. The van der Waals surface area contributed by atoms with Gasteiger partial charge in [0.2, 0.25) is 5.91 Å². The Hall–Kier alpha value is -0.280. The van der Waals surface area contributed by atoms with Gasteiger partial charge in [-0.15, -0.1) is 12.4 Å². The minimum atomic E-state index is 0. The molecule has 0 radical (unpaired) electrons. The second-order valence-corrected chi connectivity index (χ2v) is 6.29. The molecule has 4 heteroatoms. The summed E-state index contributed by atoms with van der Waals surface area (Å²) in [6.45, 7) is 4.36. The molecule has 2 heterocycles. The van der Waals surface area contributed by atoms with Crippen molar-refractivity contribution in [1.29, 1.82) is 0 Å². The summed E-state index contributed by atoms with van der Waals surface area (Å²) in [5.41, 5.74) is 0.535. The lowest BCUT2D eigenvalue weighted by Crippen LogP contribution is -2.44. The highest BCUT2D eigenvalue weighted by atomic mass is 35.5. The molecule has 1 N–H and O–H groups in total. The average Bonchev–Trinajstić information content (AvgIpc) is 3.09. The number of piperidine rings is 1. The molecule has 1 saturated carbocycles. The molecule has 3 nitrogen and oxygen atoms in total. The van der Waals surface area contributed by atoms with Crippen LogP contribution in [0.3, 0.4) is 0 Å². The van der Waals surface area contributed by atoms with Gasteiger partial charge in [-0.1, -0.05) is 12.8 Å². The Bertz CT molecular complexity index is 288. The second-order valence-electron chi connectivity index (χ2n) is 6.29. The van der Waals surface area contributed by atoms with Gasteiger partial charge in [0.1, 0.15) is 0 Å². The molecule has 0 aromatic carbocycles. The Kier molecular flexibility index (Phi) is 4.54. The Morgan fingerprint density at radius 1 is 1.22 bits per heavy atom. The first-order valence-electron chi connectivity index (χ1n) is 7.26. The van der Waals surface area contributed by atoms with E-state index in [4.69, 9.17) is 0 Å². The molecule has 1 spiro atoms. The van der Waals surface area contributed by atoms with E-state index in [2.05, 4.69) is 10.2 Å². The fourth-order valence-electron chi connectivity index (χ4n) is 3.34. The molecule has 104 valence electrons. The van der Waals surface area contributed by atoms with Crippen LogP contribution in [0.1, 0.15) is 44.9 Å². The van der Waals surface area contributed by atoms with Crippen molar-refractivity contribution in [3.05, 3.63) is 0 Å². The number of carbonyl (C=O) groups is 1. The zero-order valence-electron chi connectivity index (χ0n) is 11.1. The smallest absolute Gasteiger partial charge is 0.222 e. The summed E-state index contributed by atoms with van der Waals surface area (Å²) >= 11 is 0. The maximum absolute atomic E-state index is 12.0. The first kappa shape index (κ1) is 14.1. The molecule has 0 bridgehead atoms. The molecule has 3 rings (SSSR count). The largest absolute Gasteiger partial charge is 0.343 e. The van der Waals surface area contributed by atoms with Gasteiger partial charge in [-0.2, -0.15) is 0 Å². The van der Waals surface area contributed by atoms with Crippen LogP contribution in [0.2, 0.25) is 0 Å². The summed E-state index contributed by atoms with van der Waals surface area (Å²) in [6.07, 6.45) is 8.42. The van der Waals surface area contributed by atoms with Crippen molar-refractivity contribution < 1.29 is 4.79 Å². The number of nitrogens with zero attached hydrogens (tertiary/aromatic N) is 1. The van der Waals surface area contributed by atoms with Crippen LogP contribution in [0, 0.1) is 11.3 Å². The molecule has 0 unspecified atom stereocenters. The highest BCUT2D eigenvalue weighted by Crippen LogP contribution is 2.37. The van der Waals surface area contributed by atoms with E-state index in [0.29, 0.717) is 11.3 Å².